The molecule has 1 aliphatic heterocycles. The molecular formula is C12H16ClN5O2. The Kier molecular flexibility index (Phi) is 6.28. The number of carbonyl (C=O) groups is 2. The van der Waals surface area contributed by atoms with Gasteiger partial charge in [-0.15, -0.1) is 0 Å². The maximum Gasteiger partial charge on any atom is 0.244 e. The van der Waals surface area contributed by atoms with Crippen molar-refractivity contribution in [1.29, 1.82) is 10.5 Å². The van der Waals surface area contributed by atoms with Gasteiger partial charge in [-0.25, -0.2) is 0 Å². The molecule has 0 aromatic heterocycles. The van der Waals surface area contributed by atoms with Crippen LogP contribution in [0.4, 0.5) is 0 Å². The van der Waals surface area contributed by atoms with E-state index in [2.05, 4.69) is 10.2 Å². The Morgan fingerprint density at radius 3 is 1.45 bits per heavy atom. The SMILES string of the molecule is CC(C)(C#N)N=NC(C)(C)C#N.O=C1CCC(=O)N1Cl. The molecule has 7 nitrogen and oxygen atoms in total. The summed E-state index contributed by atoms with van der Waals surface area (Å²) < 4.78 is 0.639. The third kappa shape index (κ3) is 6.26. The van der Waals surface area contributed by atoms with Crippen molar-refractivity contribution in [2.45, 2.75) is 51.6 Å². The Morgan fingerprint density at radius 2 is 1.30 bits per heavy atom. The second-order valence-electron chi connectivity index (χ2n) is 5.11. The van der Waals surface area contributed by atoms with Gasteiger partial charge in [0.25, 0.3) is 0 Å². The highest BCUT2D eigenvalue weighted by molar-refractivity contribution is 6.32. The van der Waals surface area contributed by atoms with Crippen LogP contribution >= 0.6 is 11.8 Å². The number of hydrogen-bond donors (Lipinski definition) is 0. The predicted molar refractivity (Wildman–Crippen MR) is 71.2 cm³/mol. The molecular weight excluding hydrogens is 282 g/mol. The Labute approximate surface area is 122 Å². The monoisotopic (exact) mass is 297 g/mol. The molecule has 108 valence electrons. The van der Waals surface area contributed by atoms with E-state index >= 15 is 0 Å². The number of imide groups is 1. The molecule has 20 heavy (non-hydrogen) atoms. The van der Waals surface area contributed by atoms with Crippen molar-refractivity contribution in [3.63, 3.8) is 0 Å². The second-order valence-corrected chi connectivity index (χ2v) is 5.45. The van der Waals surface area contributed by atoms with E-state index in [1.165, 1.54) is 0 Å². The molecule has 0 saturated carbocycles. The molecule has 0 aromatic carbocycles. The van der Waals surface area contributed by atoms with E-state index in [1.54, 1.807) is 27.7 Å². The third-order valence-corrected chi connectivity index (χ3v) is 2.46. The van der Waals surface area contributed by atoms with Gasteiger partial charge in [0.2, 0.25) is 11.8 Å². The quantitative estimate of drug-likeness (QED) is 0.442. The van der Waals surface area contributed by atoms with Crippen LogP contribution in [0.25, 0.3) is 0 Å². The zero-order valence-corrected chi connectivity index (χ0v) is 12.6. The van der Waals surface area contributed by atoms with Crippen molar-refractivity contribution >= 4 is 23.6 Å². The lowest BCUT2D eigenvalue weighted by Gasteiger charge is -2.11. The minimum absolute atomic E-state index is 0.266. The van der Waals surface area contributed by atoms with Crippen LogP contribution in [0.2, 0.25) is 0 Å². The van der Waals surface area contributed by atoms with Crippen LogP contribution in [-0.4, -0.2) is 27.3 Å². The topological polar surface area (TPSA) is 110 Å². The first-order valence-corrected chi connectivity index (χ1v) is 6.16. The first-order valence-electron chi connectivity index (χ1n) is 5.83. The van der Waals surface area contributed by atoms with E-state index in [1.807, 2.05) is 12.1 Å². The number of carbonyl (C=O) groups excluding carboxylic acids is 2. The average Bonchev–Trinajstić information content (AvgIpc) is 2.69. The van der Waals surface area contributed by atoms with E-state index in [0.29, 0.717) is 4.42 Å². The molecule has 0 atom stereocenters. The van der Waals surface area contributed by atoms with E-state index < -0.39 is 11.1 Å². The van der Waals surface area contributed by atoms with Gasteiger partial charge in [-0.2, -0.15) is 25.2 Å². The van der Waals surface area contributed by atoms with E-state index in [9.17, 15) is 9.59 Å². The second kappa shape index (κ2) is 6.97. The molecule has 2 amide bonds. The van der Waals surface area contributed by atoms with Gasteiger partial charge in [-0.3, -0.25) is 9.59 Å². The Balaban J connectivity index is 0.000000388. The van der Waals surface area contributed by atoms with Crippen LogP contribution in [0, 0.1) is 22.7 Å². The van der Waals surface area contributed by atoms with E-state index in [0.717, 1.165) is 0 Å². The summed E-state index contributed by atoms with van der Waals surface area (Å²) in [4.78, 5) is 20.7. The van der Waals surface area contributed by atoms with Crippen LogP contribution in [0.1, 0.15) is 40.5 Å². The molecule has 1 saturated heterocycles. The number of nitrogens with zero attached hydrogens (tertiary/aromatic N) is 5. The smallest absolute Gasteiger partial charge is 0.244 e. The van der Waals surface area contributed by atoms with Crippen molar-refractivity contribution in [2.75, 3.05) is 0 Å². The van der Waals surface area contributed by atoms with E-state index in [-0.39, 0.29) is 24.7 Å². The van der Waals surface area contributed by atoms with Crippen LogP contribution in [0.15, 0.2) is 10.2 Å². The van der Waals surface area contributed by atoms with Gasteiger partial charge in [-0.05, 0) is 27.7 Å². The third-order valence-electron chi connectivity index (χ3n) is 2.09. The molecule has 1 aliphatic rings. The molecule has 0 unspecified atom stereocenters. The van der Waals surface area contributed by atoms with Crippen molar-refractivity contribution in [3.8, 4) is 12.1 Å². The average molecular weight is 298 g/mol. The largest absolute Gasteiger partial charge is 0.273 e. The number of hydrogen-bond acceptors (Lipinski definition) is 6. The van der Waals surface area contributed by atoms with Gasteiger partial charge in [0.1, 0.15) is 0 Å². The Hall–Kier alpha value is -1.99. The lowest BCUT2D eigenvalue weighted by molar-refractivity contribution is -0.132. The molecule has 0 aromatic rings. The maximum atomic E-state index is 10.4. The summed E-state index contributed by atoms with van der Waals surface area (Å²) in [5.74, 6) is -0.590. The summed E-state index contributed by atoms with van der Waals surface area (Å²) in [6, 6.07) is 3.94. The molecule has 0 aliphatic carbocycles. The summed E-state index contributed by atoms with van der Waals surface area (Å²) in [6.07, 6.45) is 0.532. The zero-order valence-electron chi connectivity index (χ0n) is 11.8. The predicted octanol–water partition coefficient (Wildman–Crippen LogP) is 2.33. The molecule has 0 spiro atoms. The van der Waals surface area contributed by atoms with Crippen molar-refractivity contribution < 1.29 is 9.59 Å². The fraction of sp³-hybridized carbons (Fsp3) is 0.667. The van der Waals surface area contributed by atoms with E-state index in [4.69, 9.17) is 22.3 Å². The number of azo groups is 1. The lowest BCUT2D eigenvalue weighted by atomic mass is 10.1. The highest BCUT2D eigenvalue weighted by Crippen LogP contribution is 2.14. The highest BCUT2D eigenvalue weighted by atomic mass is 35.5. The van der Waals surface area contributed by atoms with Gasteiger partial charge in [-0.1, -0.05) is 0 Å². The number of rotatable bonds is 2. The van der Waals surface area contributed by atoms with Gasteiger partial charge in [0, 0.05) is 24.6 Å². The molecule has 8 heteroatoms. The van der Waals surface area contributed by atoms with Crippen LogP contribution in [-0.2, 0) is 9.59 Å². The van der Waals surface area contributed by atoms with Gasteiger partial charge in [0.05, 0.1) is 12.1 Å². The summed E-state index contributed by atoms with van der Waals surface area (Å²) in [5.41, 5.74) is -1.68. The molecule has 0 N–H and O–H groups in total. The number of amides is 2. The minimum Gasteiger partial charge on any atom is -0.273 e. The van der Waals surface area contributed by atoms with Crippen LogP contribution in [0.5, 0.6) is 0 Å². The fourth-order valence-corrected chi connectivity index (χ4v) is 1.01. The van der Waals surface area contributed by atoms with Crippen molar-refractivity contribution in [2.24, 2.45) is 10.2 Å². The summed E-state index contributed by atoms with van der Waals surface area (Å²) in [5, 5.41) is 24.7. The summed E-state index contributed by atoms with van der Waals surface area (Å²) >= 11 is 5.15. The summed E-state index contributed by atoms with van der Waals surface area (Å²) in [6.45, 7) is 6.57. The first-order chi connectivity index (χ1) is 9.04. The Morgan fingerprint density at radius 1 is 1.00 bits per heavy atom. The fourth-order valence-electron chi connectivity index (χ4n) is 0.844. The molecule has 1 rings (SSSR count). The molecule has 1 heterocycles. The number of nitriles is 2. The minimum atomic E-state index is -0.839. The van der Waals surface area contributed by atoms with Gasteiger partial charge in [0.15, 0.2) is 11.1 Å². The van der Waals surface area contributed by atoms with Gasteiger partial charge < -0.3 is 0 Å². The summed E-state index contributed by atoms with van der Waals surface area (Å²) in [7, 11) is 0. The normalized spacial score (nSPS) is 15.7. The van der Waals surface area contributed by atoms with Crippen LogP contribution < -0.4 is 0 Å². The van der Waals surface area contributed by atoms with Gasteiger partial charge >= 0.3 is 0 Å². The molecule has 0 radical (unpaired) electrons. The van der Waals surface area contributed by atoms with Crippen molar-refractivity contribution in [3.05, 3.63) is 0 Å². The first kappa shape index (κ1) is 18.0. The molecule has 1 fully saturated rings. The molecule has 0 bridgehead atoms. The standard InChI is InChI=1S/C8H12N4.C4H4ClNO2/c1-7(2,5-9)11-12-8(3,4)6-10;5-6-3(7)1-2-4(6)8/h1-4H3;1-2H2. The number of halogens is 1. The van der Waals surface area contributed by atoms with Crippen molar-refractivity contribution in [1.82, 2.24) is 4.42 Å². The zero-order chi connectivity index (χ0) is 16.0. The van der Waals surface area contributed by atoms with Crippen LogP contribution in [0.3, 0.4) is 0 Å². The Bertz CT molecular complexity index is 455. The lowest BCUT2D eigenvalue weighted by Crippen LogP contribution is -2.17. The maximum absolute atomic E-state index is 10.4. The highest BCUT2D eigenvalue weighted by Gasteiger charge is 2.26.